The molecule has 1 atom stereocenters. The van der Waals surface area contributed by atoms with Crippen LogP contribution in [0, 0.1) is 5.92 Å². The molecule has 4 nitrogen and oxygen atoms in total. The highest BCUT2D eigenvalue weighted by atomic mass is 32.2. The Morgan fingerprint density at radius 3 is 2.80 bits per heavy atom. The SMILES string of the molecule is CSCC(C)CNc1nccn2nc(C(C)(C)C)cc12. The minimum absolute atomic E-state index is 0.0510. The molecule has 110 valence electrons. The maximum Gasteiger partial charge on any atom is 0.152 e. The summed E-state index contributed by atoms with van der Waals surface area (Å²) in [6.07, 6.45) is 5.84. The van der Waals surface area contributed by atoms with Gasteiger partial charge in [-0.25, -0.2) is 9.50 Å². The molecule has 0 aromatic carbocycles. The van der Waals surface area contributed by atoms with Crippen molar-refractivity contribution in [1.82, 2.24) is 14.6 Å². The van der Waals surface area contributed by atoms with Crippen LogP contribution in [0.15, 0.2) is 18.5 Å². The third-order valence-corrected chi connectivity index (χ3v) is 4.13. The smallest absolute Gasteiger partial charge is 0.152 e. The molecule has 0 aliphatic carbocycles. The minimum Gasteiger partial charge on any atom is -0.368 e. The molecule has 0 spiro atoms. The van der Waals surface area contributed by atoms with Crippen LogP contribution in [0.25, 0.3) is 5.52 Å². The summed E-state index contributed by atoms with van der Waals surface area (Å²) >= 11 is 1.88. The fraction of sp³-hybridized carbons (Fsp3) is 0.600. The topological polar surface area (TPSA) is 42.2 Å². The summed E-state index contributed by atoms with van der Waals surface area (Å²) in [5.74, 6) is 2.70. The summed E-state index contributed by atoms with van der Waals surface area (Å²) in [6, 6.07) is 2.13. The number of aromatic nitrogens is 3. The van der Waals surface area contributed by atoms with E-state index >= 15 is 0 Å². The van der Waals surface area contributed by atoms with Crippen molar-refractivity contribution in [3.63, 3.8) is 0 Å². The van der Waals surface area contributed by atoms with Gasteiger partial charge in [0, 0.05) is 24.4 Å². The number of rotatable bonds is 5. The summed E-state index contributed by atoms with van der Waals surface area (Å²) in [5.41, 5.74) is 2.19. The zero-order chi connectivity index (χ0) is 14.8. The Morgan fingerprint density at radius 2 is 2.15 bits per heavy atom. The maximum absolute atomic E-state index is 4.64. The first-order chi connectivity index (χ1) is 9.41. The van der Waals surface area contributed by atoms with Crippen molar-refractivity contribution in [2.24, 2.45) is 5.92 Å². The van der Waals surface area contributed by atoms with Crippen molar-refractivity contribution < 1.29 is 0 Å². The van der Waals surface area contributed by atoms with Gasteiger partial charge in [0.15, 0.2) is 5.82 Å². The first-order valence-electron chi connectivity index (χ1n) is 6.99. The standard InChI is InChI=1S/C15H24N4S/c1-11(10-20-5)9-17-14-12-8-13(15(2,3)4)18-19(12)7-6-16-14/h6-8,11H,9-10H2,1-5H3,(H,16,17). The fourth-order valence-electron chi connectivity index (χ4n) is 2.04. The van der Waals surface area contributed by atoms with Crippen molar-refractivity contribution >= 4 is 23.1 Å². The molecular formula is C15H24N4S. The molecule has 2 rings (SSSR count). The molecule has 0 radical (unpaired) electrons. The second-order valence-corrected chi connectivity index (χ2v) is 7.24. The van der Waals surface area contributed by atoms with E-state index in [9.17, 15) is 0 Å². The Kier molecular flexibility index (Phi) is 4.58. The molecule has 0 saturated carbocycles. The molecule has 0 amide bonds. The predicted molar refractivity (Wildman–Crippen MR) is 87.7 cm³/mol. The van der Waals surface area contributed by atoms with Gasteiger partial charge < -0.3 is 5.32 Å². The number of nitrogens with one attached hydrogen (secondary N) is 1. The van der Waals surface area contributed by atoms with Gasteiger partial charge >= 0.3 is 0 Å². The normalized spacial score (nSPS) is 13.7. The van der Waals surface area contributed by atoms with Crippen molar-refractivity contribution in [2.45, 2.75) is 33.1 Å². The van der Waals surface area contributed by atoms with Gasteiger partial charge in [0.2, 0.25) is 0 Å². The lowest BCUT2D eigenvalue weighted by atomic mass is 9.92. The van der Waals surface area contributed by atoms with Crippen molar-refractivity contribution in [3.05, 3.63) is 24.2 Å². The van der Waals surface area contributed by atoms with E-state index < -0.39 is 0 Å². The second-order valence-electron chi connectivity index (χ2n) is 6.33. The van der Waals surface area contributed by atoms with Crippen LogP contribution in [-0.2, 0) is 5.41 Å². The van der Waals surface area contributed by atoms with E-state index in [0.717, 1.165) is 29.3 Å². The van der Waals surface area contributed by atoms with Gasteiger partial charge in [-0.3, -0.25) is 0 Å². The minimum atomic E-state index is 0.0510. The lowest BCUT2D eigenvalue weighted by Gasteiger charge is -2.13. The molecule has 1 unspecified atom stereocenters. The lowest BCUT2D eigenvalue weighted by molar-refractivity contribution is 0.562. The largest absolute Gasteiger partial charge is 0.368 e. The van der Waals surface area contributed by atoms with Crippen LogP contribution in [-0.4, -0.2) is 33.2 Å². The molecule has 0 aliphatic rings. The summed E-state index contributed by atoms with van der Waals surface area (Å²) < 4.78 is 1.91. The second kappa shape index (κ2) is 6.04. The Hall–Kier alpha value is -1.23. The van der Waals surface area contributed by atoms with E-state index in [1.165, 1.54) is 0 Å². The summed E-state index contributed by atoms with van der Waals surface area (Å²) in [7, 11) is 0. The van der Waals surface area contributed by atoms with Gasteiger partial charge in [-0.1, -0.05) is 27.7 Å². The molecule has 0 saturated heterocycles. The number of nitrogens with zero attached hydrogens (tertiary/aromatic N) is 3. The molecule has 0 fully saturated rings. The van der Waals surface area contributed by atoms with Crippen LogP contribution >= 0.6 is 11.8 Å². The van der Waals surface area contributed by atoms with E-state index in [2.05, 4.69) is 55.4 Å². The van der Waals surface area contributed by atoms with Gasteiger partial charge in [0.25, 0.3) is 0 Å². The number of hydrogen-bond acceptors (Lipinski definition) is 4. The Bertz CT molecular complexity index is 571. The summed E-state index contributed by atoms with van der Waals surface area (Å²) in [5, 5.41) is 8.09. The molecule has 0 aliphatic heterocycles. The highest BCUT2D eigenvalue weighted by molar-refractivity contribution is 7.98. The van der Waals surface area contributed by atoms with Gasteiger partial charge in [-0.15, -0.1) is 0 Å². The van der Waals surface area contributed by atoms with Crippen LogP contribution in [0.3, 0.4) is 0 Å². The molecule has 2 aromatic rings. The zero-order valence-corrected chi connectivity index (χ0v) is 13.8. The van der Waals surface area contributed by atoms with Crippen LogP contribution in [0.2, 0.25) is 0 Å². The Morgan fingerprint density at radius 1 is 1.40 bits per heavy atom. The molecule has 20 heavy (non-hydrogen) atoms. The molecule has 2 aromatic heterocycles. The first kappa shape index (κ1) is 15.2. The number of thioether (sulfide) groups is 1. The third-order valence-electron chi connectivity index (χ3n) is 3.23. The Labute approximate surface area is 125 Å². The van der Waals surface area contributed by atoms with Crippen LogP contribution in [0.1, 0.15) is 33.4 Å². The van der Waals surface area contributed by atoms with Gasteiger partial charge in [-0.05, 0) is 24.0 Å². The molecule has 5 heteroatoms. The highest BCUT2D eigenvalue weighted by Gasteiger charge is 2.19. The number of anilines is 1. The lowest BCUT2D eigenvalue weighted by Crippen LogP contribution is -2.14. The first-order valence-corrected chi connectivity index (χ1v) is 8.39. The van der Waals surface area contributed by atoms with Gasteiger partial charge in [-0.2, -0.15) is 16.9 Å². The van der Waals surface area contributed by atoms with Crippen molar-refractivity contribution in [2.75, 3.05) is 23.9 Å². The average Bonchev–Trinajstić information content (AvgIpc) is 2.81. The maximum atomic E-state index is 4.64. The quantitative estimate of drug-likeness (QED) is 0.916. The summed E-state index contributed by atoms with van der Waals surface area (Å²) in [6.45, 7) is 9.71. The molecule has 2 heterocycles. The van der Waals surface area contributed by atoms with E-state index in [1.807, 2.05) is 22.5 Å². The Balaban J connectivity index is 2.23. The summed E-state index contributed by atoms with van der Waals surface area (Å²) in [4.78, 5) is 4.46. The highest BCUT2D eigenvalue weighted by Crippen LogP contribution is 2.24. The number of fused-ring (bicyclic) bond motifs is 1. The number of hydrogen-bond donors (Lipinski definition) is 1. The van der Waals surface area contributed by atoms with Crippen LogP contribution < -0.4 is 5.32 Å². The average molecular weight is 292 g/mol. The van der Waals surface area contributed by atoms with E-state index in [-0.39, 0.29) is 5.41 Å². The monoisotopic (exact) mass is 292 g/mol. The van der Waals surface area contributed by atoms with E-state index in [1.54, 1.807) is 6.20 Å². The van der Waals surface area contributed by atoms with Crippen LogP contribution in [0.4, 0.5) is 5.82 Å². The van der Waals surface area contributed by atoms with Crippen molar-refractivity contribution in [1.29, 1.82) is 0 Å². The van der Waals surface area contributed by atoms with E-state index in [0.29, 0.717) is 5.92 Å². The third kappa shape index (κ3) is 3.45. The fourth-order valence-corrected chi connectivity index (χ4v) is 2.73. The van der Waals surface area contributed by atoms with Crippen LogP contribution in [0.5, 0.6) is 0 Å². The van der Waals surface area contributed by atoms with E-state index in [4.69, 9.17) is 0 Å². The van der Waals surface area contributed by atoms with Crippen molar-refractivity contribution in [3.8, 4) is 0 Å². The predicted octanol–water partition coefficient (Wildman–Crippen LogP) is 3.44. The molecule has 0 bridgehead atoms. The van der Waals surface area contributed by atoms with Gasteiger partial charge in [0.1, 0.15) is 5.52 Å². The molecule has 1 N–H and O–H groups in total. The zero-order valence-electron chi connectivity index (χ0n) is 13.0. The van der Waals surface area contributed by atoms with Gasteiger partial charge in [0.05, 0.1) is 5.69 Å². The molecular weight excluding hydrogens is 268 g/mol.